The first-order chi connectivity index (χ1) is 16.7. The second kappa shape index (κ2) is 9.99. The maximum Gasteiger partial charge on any atom is 0.345 e. The number of hydrogen-bond acceptors (Lipinski definition) is 3. The zero-order valence-corrected chi connectivity index (χ0v) is 20.6. The normalized spacial score (nSPS) is 16.8. The number of fused-ring (bicyclic) bond motifs is 2. The SMILES string of the molecule is Cl.O=c1n(CCN2CCC(c3cn(-c4ccc(F)cc4)c4ccccc34)CC2)nc2n1CCCC2. The molecule has 2 aliphatic rings. The maximum absolute atomic E-state index is 13.5. The average molecular weight is 496 g/mol. The molecule has 0 N–H and O–H groups in total. The molecular formula is C27H31ClFN5O. The highest BCUT2D eigenvalue weighted by atomic mass is 35.5. The number of hydrogen-bond donors (Lipinski definition) is 0. The largest absolute Gasteiger partial charge is 0.345 e. The highest BCUT2D eigenvalue weighted by Crippen LogP contribution is 2.35. The van der Waals surface area contributed by atoms with Crippen LogP contribution in [0.4, 0.5) is 4.39 Å². The molecule has 2 aliphatic heterocycles. The Morgan fingerprint density at radius 1 is 0.943 bits per heavy atom. The van der Waals surface area contributed by atoms with Crippen LogP contribution in [0, 0.1) is 5.82 Å². The summed E-state index contributed by atoms with van der Waals surface area (Å²) in [6, 6.07) is 15.2. The van der Waals surface area contributed by atoms with Crippen molar-refractivity contribution in [2.45, 2.75) is 51.1 Å². The molecule has 0 aliphatic carbocycles. The van der Waals surface area contributed by atoms with E-state index in [2.05, 4.69) is 45.0 Å². The Kier molecular flexibility index (Phi) is 6.80. The third kappa shape index (κ3) is 4.55. The van der Waals surface area contributed by atoms with Crippen LogP contribution in [0.5, 0.6) is 0 Å². The number of aryl methyl sites for hydroxylation is 1. The molecule has 6 nitrogen and oxygen atoms in total. The third-order valence-corrected chi connectivity index (χ3v) is 7.53. The number of benzene rings is 2. The molecule has 0 amide bonds. The highest BCUT2D eigenvalue weighted by Gasteiger charge is 2.24. The summed E-state index contributed by atoms with van der Waals surface area (Å²) in [5.41, 5.74) is 3.57. The van der Waals surface area contributed by atoms with E-state index in [0.29, 0.717) is 12.5 Å². The van der Waals surface area contributed by atoms with Crippen molar-refractivity contribution in [2.24, 2.45) is 0 Å². The lowest BCUT2D eigenvalue weighted by atomic mass is 9.89. The van der Waals surface area contributed by atoms with E-state index in [9.17, 15) is 9.18 Å². The average Bonchev–Trinajstić information content (AvgIpc) is 3.42. The van der Waals surface area contributed by atoms with E-state index in [0.717, 1.165) is 75.3 Å². The van der Waals surface area contributed by atoms with Gasteiger partial charge in [0.25, 0.3) is 0 Å². The third-order valence-electron chi connectivity index (χ3n) is 7.53. The molecule has 0 radical (unpaired) electrons. The molecule has 1 saturated heterocycles. The van der Waals surface area contributed by atoms with Crippen molar-refractivity contribution in [3.05, 3.63) is 82.4 Å². The van der Waals surface area contributed by atoms with E-state index < -0.39 is 0 Å². The Balaban J connectivity index is 0.00000253. The molecule has 0 spiro atoms. The summed E-state index contributed by atoms with van der Waals surface area (Å²) in [4.78, 5) is 15.1. The molecule has 6 rings (SSSR count). The first-order valence-electron chi connectivity index (χ1n) is 12.4. The molecule has 2 aromatic carbocycles. The van der Waals surface area contributed by atoms with Crippen LogP contribution in [0.2, 0.25) is 0 Å². The van der Waals surface area contributed by atoms with Crippen LogP contribution in [-0.2, 0) is 19.5 Å². The molecule has 0 bridgehead atoms. The minimum atomic E-state index is -0.217. The monoisotopic (exact) mass is 495 g/mol. The Bertz CT molecular complexity index is 1360. The van der Waals surface area contributed by atoms with Gasteiger partial charge in [-0.1, -0.05) is 18.2 Å². The fourth-order valence-corrected chi connectivity index (χ4v) is 5.64. The Hall–Kier alpha value is -2.90. The molecule has 35 heavy (non-hydrogen) atoms. The van der Waals surface area contributed by atoms with E-state index in [-0.39, 0.29) is 23.9 Å². The summed E-state index contributed by atoms with van der Waals surface area (Å²) in [5.74, 6) is 1.23. The van der Waals surface area contributed by atoms with Crippen LogP contribution in [0.1, 0.15) is 43.0 Å². The lowest BCUT2D eigenvalue weighted by molar-refractivity contribution is 0.202. The first-order valence-corrected chi connectivity index (χ1v) is 12.4. The van der Waals surface area contributed by atoms with Crippen molar-refractivity contribution >= 4 is 23.3 Å². The summed E-state index contributed by atoms with van der Waals surface area (Å²) in [5, 5.41) is 5.86. The molecule has 2 aromatic heterocycles. The number of halogens is 2. The van der Waals surface area contributed by atoms with Crippen LogP contribution < -0.4 is 5.69 Å². The minimum Gasteiger partial charge on any atom is -0.316 e. The Labute approximate surface area is 210 Å². The lowest BCUT2D eigenvalue weighted by Gasteiger charge is -2.31. The van der Waals surface area contributed by atoms with Gasteiger partial charge in [-0.05, 0) is 80.6 Å². The van der Waals surface area contributed by atoms with Crippen molar-refractivity contribution in [3.8, 4) is 5.69 Å². The standard InChI is InChI=1S/C27H30FN5O.ClH/c28-21-8-10-22(11-9-21)32-19-24(23-5-1-2-6-25(23)32)20-12-15-30(16-13-20)17-18-33-27(34)31-14-4-3-7-26(31)29-33;/h1-2,5-6,8-11,19-20H,3-4,7,12-18H2;1H. The lowest BCUT2D eigenvalue weighted by Crippen LogP contribution is -2.37. The van der Waals surface area contributed by atoms with Crippen molar-refractivity contribution in [1.82, 2.24) is 23.8 Å². The van der Waals surface area contributed by atoms with E-state index in [4.69, 9.17) is 0 Å². The predicted molar refractivity (Wildman–Crippen MR) is 138 cm³/mol. The van der Waals surface area contributed by atoms with Gasteiger partial charge < -0.3 is 9.47 Å². The summed E-state index contributed by atoms with van der Waals surface area (Å²) in [6.45, 7) is 4.37. The van der Waals surface area contributed by atoms with Gasteiger partial charge in [-0.25, -0.2) is 13.9 Å². The maximum atomic E-state index is 13.5. The van der Waals surface area contributed by atoms with Gasteiger partial charge in [0.05, 0.1) is 12.1 Å². The van der Waals surface area contributed by atoms with Gasteiger partial charge in [-0.15, -0.1) is 12.4 Å². The zero-order valence-electron chi connectivity index (χ0n) is 19.8. The van der Waals surface area contributed by atoms with E-state index >= 15 is 0 Å². The van der Waals surface area contributed by atoms with E-state index in [1.54, 1.807) is 4.68 Å². The highest BCUT2D eigenvalue weighted by molar-refractivity contribution is 5.86. The minimum absolute atomic E-state index is 0. The van der Waals surface area contributed by atoms with Crippen molar-refractivity contribution in [1.29, 1.82) is 0 Å². The summed E-state index contributed by atoms with van der Waals surface area (Å²) >= 11 is 0. The summed E-state index contributed by atoms with van der Waals surface area (Å²) < 4.78 is 19.2. The van der Waals surface area contributed by atoms with Crippen molar-refractivity contribution in [2.75, 3.05) is 19.6 Å². The van der Waals surface area contributed by atoms with Gasteiger partial charge in [0.2, 0.25) is 0 Å². The molecule has 1 fully saturated rings. The topological polar surface area (TPSA) is 48.0 Å². The Morgan fingerprint density at radius 3 is 2.49 bits per heavy atom. The second-order valence-corrected chi connectivity index (χ2v) is 9.59. The van der Waals surface area contributed by atoms with Gasteiger partial charge >= 0.3 is 5.69 Å². The van der Waals surface area contributed by atoms with Gasteiger partial charge in [0.15, 0.2) is 0 Å². The number of rotatable bonds is 5. The summed E-state index contributed by atoms with van der Waals surface area (Å²) in [6.07, 6.45) is 7.54. The molecule has 4 aromatic rings. The number of piperidine rings is 1. The number of aromatic nitrogens is 4. The molecular weight excluding hydrogens is 465 g/mol. The second-order valence-electron chi connectivity index (χ2n) is 9.59. The van der Waals surface area contributed by atoms with E-state index in [1.807, 2.05) is 16.7 Å². The molecule has 0 unspecified atom stereocenters. The van der Waals surface area contributed by atoms with Crippen molar-refractivity contribution < 1.29 is 4.39 Å². The fourth-order valence-electron chi connectivity index (χ4n) is 5.64. The zero-order chi connectivity index (χ0) is 23.1. The van der Waals surface area contributed by atoms with E-state index in [1.165, 1.54) is 23.1 Å². The smallest absolute Gasteiger partial charge is 0.316 e. The number of nitrogens with zero attached hydrogens (tertiary/aromatic N) is 5. The van der Waals surface area contributed by atoms with Gasteiger partial charge in [0, 0.05) is 36.8 Å². The molecule has 4 heterocycles. The predicted octanol–water partition coefficient (Wildman–Crippen LogP) is 4.77. The molecule has 0 atom stereocenters. The molecule has 8 heteroatoms. The van der Waals surface area contributed by atoms with Gasteiger partial charge in [-0.3, -0.25) is 4.57 Å². The number of para-hydroxylation sites is 1. The number of likely N-dealkylation sites (tertiary alicyclic amines) is 1. The van der Waals surface area contributed by atoms with Crippen molar-refractivity contribution in [3.63, 3.8) is 0 Å². The quantitative estimate of drug-likeness (QED) is 0.401. The van der Waals surface area contributed by atoms with Gasteiger partial charge in [-0.2, -0.15) is 5.10 Å². The molecule has 184 valence electrons. The summed E-state index contributed by atoms with van der Waals surface area (Å²) in [7, 11) is 0. The van der Waals surface area contributed by atoms with Crippen LogP contribution in [0.15, 0.2) is 59.5 Å². The van der Waals surface area contributed by atoms with Crippen LogP contribution in [0.25, 0.3) is 16.6 Å². The molecule has 0 saturated carbocycles. The fraction of sp³-hybridized carbons (Fsp3) is 0.407. The Morgan fingerprint density at radius 2 is 1.71 bits per heavy atom. The van der Waals surface area contributed by atoms with Crippen LogP contribution >= 0.6 is 12.4 Å². The van der Waals surface area contributed by atoms with Crippen LogP contribution in [0.3, 0.4) is 0 Å². The van der Waals surface area contributed by atoms with Crippen LogP contribution in [-0.4, -0.2) is 43.4 Å². The van der Waals surface area contributed by atoms with Gasteiger partial charge in [0.1, 0.15) is 11.6 Å². The first kappa shape index (κ1) is 23.8.